The number of methoxy groups -OCH3 is 2. The Hall–Kier alpha value is -1.99. The van der Waals surface area contributed by atoms with Crippen LogP contribution in [-0.2, 0) is 14.3 Å². The van der Waals surface area contributed by atoms with Crippen LogP contribution in [0, 0.1) is 11.8 Å². The summed E-state index contributed by atoms with van der Waals surface area (Å²) < 4.78 is 9.01. The first-order valence-electron chi connectivity index (χ1n) is 5.02. The summed E-state index contributed by atoms with van der Waals surface area (Å²) in [6, 6.07) is 4.69. The van der Waals surface area contributed by atoms with Gasteiger partial charge >= 0.3 is 11.9 Å². The van der Waals surface area contributed by atoms with Crippen molar-refractivity contribution in [2.24, 2.45) is 0 Å². The highest BCUT2D eigenvalue weighted by Gasteiger charge is 2.09. The molecule has 0 aliphatic carbocycles. The van der Waals surface area contributed by atoms with Crippen molar-refractivity contribution in [1.29, 1.82) is 0 Å². The molecule has 18 heavy (non-hydrogen) atoms. The molecule has 0 fully saturated rings. The van der Waals surface area contributed by atoms with E-state index in [-0.39, 0.29) is 17.0 Å². The van der Waals surface area contributed by atoms with E-state index in [0.29, 0.717) is 5.56 Å². The van der Waals surface area contributed by atoms with Crippen LogP contribution >= 0.6 is 11.6 Å². The lowest BCUT2D eigenvalue weighted by atomic mass is 10.1. The first-order valence-corrected chi connectivity index (χ1v) is 5.40. The summed E-state index contributed by atoms with van der Waals surface area (Å²) in [4.78, 5) is 22.1. The van der Waals surface area contributed by atoms with Crippen LogP contribution in [0.25, 0.3) is 0 Å². The van der Waals surface area contributed by atoms with Crippen molar-refractivity contribution in [2.75, 3.05) is 14.2 Å². The third kappa shape index (κ3) is 3.79. The lowest BCUT2D eigenvalue weighted by Gasteiger charge is -2.01. The van der Waals surface area contributed by atoms with Crippen LogP contribution in [0.1, 0.15) is 22.3 Å². The number of benzene rings is 1. The minimum Gasteiger partial charge on any atom is -0.468 e. The van der Waals surface area contributed by atoms with Crippen LogP contribution in [0.2, 0.25) is 5.02 Å². The fraction of sp³-hybridized carbons (Fsp3) is 0.231. The van der Waals surface area contributed by atoms with Crippen molar-refractivity contribution in [3.8, 4) is 11.8 Å². The van der Waals surface area contributed by atoms with Crippen molar-refractivity contribution in [1.82, 2.24) is 0 Å². The fourth-order valence-electron chi connectivity index (χ4n) is 1.16. The number of esters is 2. The molecule has 0 unspecified atom stereocenters. The molecule has 0 aliphatic heterocycles. The normalized spacial score (nSPS) is 9.06. The van der Waals surface area contributed by atoms with E-state index in [1.54, 1.807) is 6.07 Å². The van der Waals surface area contributed by atoms with E-state index in [2.05, 4.69) is 21.3 Å². The summed E-state index contributed by atoms with van der Waals surface area (Å²) in [5.74, 6) is 4.48. The summed E-state index contributed by atoms with van der Waals surface area (Å²) in [6.45, 7) is 0. The van der Waals surface area contributed by atoms with E-state index in [0.717, 1.165) is 0 Å². The molecule has 0 saturated heterocycles. The zero-order valence-corrected chi connectivity index (χ0v) is 10.7. The average Bonchev–Trinajstić information content (AvgIpc) is 2.37. The van der Waals surface area contributed by atoms with E-state index in [1.165, 1.54) is 26.4 Å². The highest BCUT2D eigenvalue weighted by molar-refractivity contribution is 6.33. The molecule has 1 rings (SSSR count). The van der Waals surface area contributed by atoms with Gasteiger partial charge in [-0.3, -0.25) is 4.79 Å². The van der Waals surface area contributed by atoms with Gasteiger partial charge in [0.05, 0.1) is 24.8 Å². The summed E-state index contributed by atoms with van der Waals surface area (Å²) >= 11 is 5.91. The maximum atomic E-state index is 11.3. The molecule has 4 nitrogen and oxygen atoms in total. The van der Waals surface area contributed by atoms with Crippen molar-refractivity contribution in [2.45, 2.75) is 6.42 Å². The summed E-state index contributed by atoms with van der Waals surface area (Å²) in [5, 5.41) is 0.256. The van der Waals surface area contributed by atoms with Gasteiger partial charge in [-0.1, -0.05) is 23.4 Å². The first kappa shape index (κ1) is 14.1. The Morgan fingerprint density at radius 3 is 2.56 bits per heavy atom. The molecule has 0 amide bonds. The highest BCUT2D eigenvalue weighted by Crippen LogP contribution is 2.18. The van der Waals surface area contributed by atoms with E-state index < -0.39 is 11.9 Å². The van der Waals surface area contributed by atoms with E-state index in [9.17, 15) is 9.59 Å². The molecule has 0 aromatic heterocycles. The maximum absolute atomic E-state index is 11.3. The SMILES string of the molecule is COC(=O)CC#Cc1ccc(C(=O)OC)c(Cl)c1. The number of carbonyl (C=O) groups is 2. The van der Waals surface area contributed by atoms with E-state index >= 15 is 0 Å². The van der Waals surface area contributed by atoms with Crippen molar-refractivity contribution >= 4 is 23.5 Å². The van der Waals surface area contributed by atoms with Gasteiger partial charge in [0.15, 0.2) is 0 Å². The summed E-state index contributed by atoms with van der Waals surface area (Å²) in [7, 11) is 2.58. The van der Waals surface area contributed by atoms with Gasteiger partial charge in [0.2, 0.25) is 0 Å². The zero-order valence-electron chi connectivity index (χ0n) is 9.95. The van der Waals surface area contributed by atoms with Gasteiger partial charge in [0.1, 0.15) is 6.42 Å². The van der Waals surface area contributed by atoms with Crippen LogP contribution in [0.15, 0.2) is 18.2 Å². The Morgan fingerprint density at radius 2 is 2.00 bits per heavy atom. The van der Waals surface area contributed by atoms with Crippen LogP contribution in [0.4, 0.5) is 0 Å². The molecule has 0 bridgehead atoms. The molecule has 0 N–H and O–H groups in total. The monoisotopic (exact) mass is 266 g/mol. The highest BCUT2D eigenvalue weighted by atomic mass is 35.5. The quantitative estimate of drug-likeness (QED) is 0.607. The van der Waals surface area contributed by atoms with E-state index in [4.69, 9.17) is 11.6 Å². The second kappa shape index (κ2) is 6.67. The first-order chi connectivity index (χ1) is 8.58. The molecule has 5 heteroatoms. The summed E-state index contributed by atoms with van der Waals surface area (Å²) in [6.07, 6.45) is 0.00682. The minimum atomic E-state index is -0.505. The van der Waals surface area contributed by atoms with Crippen LogP contribution in [0.3, 0.4) is 0 Å². The van der Waals surface area contributed by atoms with Crippen LogP contribution in [-0.4, -0.2) is 26.2 Å². The predicted octanol–water partition coefficient (Wildman–Crippen LogP) is 2.04. The lowest BCUT2D eigenvalue weighted by molar-refractivity contribution is -0.139. The van der Waals surface area contributed by atoms with Crippen LogP contribution < -0.4 is 0 Å². The molecular formula is C13H11ClO4. The Morgan fingerprint density at radius 1 is 1.28 bits per heavy atom. The smallest absolute Gasteiger partial charge is 0.339 e. The zero-order chi connectivity index (χ0) is 13.5. The van der Waals surface area contributed by atoms with Gasteiger partial charge in [0, 0.05) is 5.56 Å². The molecule has 1 aromatic carbocycles. The van der Waals surface area contributed by atoms with Gasteiger partial charge < -0.3 is 9.47 Å². The third-order valence-electron chi connectivity index (χ3n) is 2.07. The van der Waals surface area contributed by atoms with E-state index in [1.807, 2.05) is 0 Å². The molecule has 0 aliphatic rings. The largest absolute Gasteiger partial charge is 0.468 e. The van der Waals surface area contributed by atoms with Gasteiger partial charge in [-0.25, -0.2) is 4.79 Å². The summed E-state index contributed by atoms with van der Waals surface area (Å²) in [5.41, 5.74) is 0.884. The van der Waals surface area contributed by atoms with Crippen molar-refractivity contribution in [3.05, 3.63) is 34.3 Å². The number of carbonyl (C=O) groups excluding carboxylic acids is 2. The minimum absolute atomic E-state index is 0.00682. The Bertz CT molecular complexity index is 526. The standard InChI is InChI=1S/C13H11ClO4/c1-17-12(15)5-3-4-9-6-7-10(11(14)8-9)13(16)18-2/h6-8H,5H2,1-2H3. The molecule has 0 radical (unpaired) electrons. The molecule has 0 atom stereocenters. The van der Waals surface area contributed by atoms with Gasteiger partial charge in [-0.15, -0.1) is 0 Å². The number of ether oxygens (including phenoxy) is 2. The number of rotatable bonds is 2. The molecule has 0 heterocycles. The van der Waals surface area contributed by atoms with Gasteiger partial charge in [-0.05, 0) is 18.2 Å². The second-order valence-corrected chi connectivity index (χ2v) is 3.65. The lowest BCUT2D eigenvalue weighted by Crippen LogP contribution is -2.02. The second-order valence-electron chi connectivity index (χ2n) is 3.24. The number of halogens is 1. The Labute approximate surface area is 110 Å². The molecule has 94 valence electrons. The average molecular weight is 267 g/mol. The van der Waals surface area contributed by atoms with Crippen LogP contribution in [0.5, 0.6) is 0 Å². The Balaban J connectivity index is 2.85. The number of hydrogen-bond acceptors (Lipinski definition) is 4. The molecule has 0 saturated carbocycles. The fourth-order valence-corrected chi connectivity index (χ4v) is 1.42. The van der Waals surface area contributed by atoms with Crippen molar-refractivity contribution < 1.29 is 19.1 Å². The Kier molecular flexibility index (Phi) is 5.22. The number of hydrogen-bond donors (Lipinski definition) is 0. The predicted molar refractivity (Wildman–Crippen MR) is 66.3 cm³/mol. The topological polar surface area (TPSA) is 52.6 Å². The third-order valence-corrected chi connectivity index (χ3v) is 2.38. The van der Waals surface area contributed by atoms with Gasteiger partial charge in [-0.2, -0.15) is 0 Å². The maximum Gasteiger partial charge on any atom is 0.339 e. The molecule has 0 spiro atoms. The van der Waals surface area contributed by atoms with Crippen molar-refractivity contribution in [3.63, 3.8) is 0 Å². The molecular weight excluding hydrogens is 256 g/mol. The molecule has 1 aromatic rings. The van der Waals surface area contributed by atoms with Gasteiger partial charge in [0.25, 0.3) is 0 Å².